The van der Waals surface area contributed by atoms with Crippen molar-refractivity contribution in [3.63, 3.8) is 0 Å². The van der Waals surface area contributed by atoms with Crippen molar-refractivity contribution in [2.45, 2.75) is 53.0 Å². The molecule has 1 heterocycles. The van der Waals surface area contributed by atoms with Gasteiger partial charge in [-0.25, -0.2) is 9.97 Å². The van der Waals surface area contributed by atoms with Gasteiger partial charge in [-0.3, -0.25) is 0 Å². The second-order valence-corrected chi connectivity index (χ2v) is 6.60. The molecule has 0 radical (unpaired) electrons. The molecule has 0 saturated carbocycles. The van der Waals surface area contributed by atoms with Gasteiger partial charge in [-0.05, 0) is 12.8 Å². The van der Waals surface area contributed by atoms with Crippen molar-refractivity contribution >= 4 is 17.4 Å². The van der Waals surface area contributed by atoms with Crippen LogP contribution in [0.15, 0.2) is 0 Å². The first-order valence-corrected chi connectivity index (χ1v) is 6.96. The Balaban J connectivity index is 3.16. The van der Waals surface area contributed by atoms with Crippen LogP contribution in [0, 0.1) is 12.8 Å². The number of rotatable bonds is 4. The lowest BCUT2D eigenvalue weighted by Gasteiger charge is -2.24. The van der Waals surface area contributed by atoms with E-state index in [-0.39, 0.29) is 18.1 Å². The normalized spacial score (nSPS) is 13.7. The summed E-state index contributed by atoms with van der Waals surface area (Å²) in [6.07, 6.45) is 0. The molecule has 0 fully saturated rings. The summed E-state index contributed by atoms with van der Waals surface area (Å²) in [5.74, 6) is 1.71. The monoisotopic (exact) mass is 285 g/mol. The highest BCUT2D eigenvalue weighted by atomic mass is 35.5. The van der Waals surface area contributed by atoms with Gasteiger partial charge in [-0.2, -0.15) is 0 Å². The molecule has 1 aromatic rings. The average molecular weight is 286 g/mol. The summed E-state index contributed by atoms with van der Waals surface area (Å²) in [6, 6.07) is -0.0440. The molecule has 0 aliphatic carbocycles. The van der Waals surface area contributed by atoms with E-state index in [0.29, 0.717) is 22.7 Å². The van der Waals surface area contributed by atoms with Gasteiger partial charge in [0.25, 0.3) is 0 Å². The fourth-order valence-corrected chi connectivity index (χ4v) is 1.73. The number of halogens is 1. The zero-order chi connectivity index (χ0) is 14.8. The molecule has 0 aliphatic rings. The maximum Gasteiger partial charge on any atom is 0.137 e. The summed E-state index contributed by atoms with van der Waals surface area (Å²) in [5.41, 5.74) is 0.647. The number of nitrogens with one attached hydrogen (secondary N) is 1. The van der Waals surface area contributed by atoms with Gasteiger partial charge in [-0.1, -0.05) is 46.2 Å². The molecule has 19 heavy (non-hydrogen) atoms. The standard InChI is InChI=1S/C14H24ClN3O/c1-8(2)10(7-19)16-12-9(3)11(15)17-13(18-12)14(4,5)6/h8,10,19H,7H2,1-6H3,(H,16,17,18). The van der Waals surface area contributed by atoms with E-state index in [9.17, 15) is 5.11 Å². The number of aliphatic hydroxyl groups excluding tert-OH is 1. The molecule has 0 spiro atoms. The van der Waals surface area contributed by atoms with Gasteiger partial charge in [-0.15, -0.1) is 0 Å². The summed E-state index contributed by atoms with van der Waals surface area (Å²) in [5, 5.41) is 13.1. The Morgan fingerprint density at radius 3 is 2.26 bits per heavy atom. The van der Waals surface area contributed by atoms with Crippen LogP contribution in [0.1, 0.15) is 46.0 Å². The highest BCUT2D eigenvalue weighted by molar-refractivity contribution is 6.30. The number of aromatic nitrogens is 2. The molecular formula is C14H24ClN3O. The van der Waals surface area contributed by atoms with E-state index in [1.54, 1.807) is 0 Å². The number of aliphatic hydroxyl groups is 1. The minimum Gasteiger partial charge on any atom is -0.394 e. The molecule has 0 amide bonds. The van der Waals surface area contributed by atoms with Crippen LogP contribution in [0.3, 0.4) is 0 Å². The fourth-order valence-electron chi connectivity index (χ4n) is 1.56. The quantitative estimate of drug-likeness (QED) is 0.834. The maximum absolute atomic E-state index is 9.41. The minimum absolute atomic E-state index is 0.0440. The molecule has 1 aromatic heterocycles. The third-order valence-electron chi connectivity index (χ3n) is 3.08. The van der Waals surface area contributed by atoms with Crippen LogP contribution in [-0.4, -0.2) is 27.7 Å². The predicted molar refractivity (Wildman–Crippen MR) is 79.8 cm³/mol. The van der Waals surface area contributed by atoms with Gasteiger partial charge in [0, 0.05) is 11.0 Å². The lowest BCUT2D eigenvalue weighted by Crippen LogP contribution is -2.31. The fraction of sp³-hybridized carbons (Fsp3) is 0.714. The molecule has 1 rings (SSSR count). The zero-order valence-electron chi connectivity index (χ0n) is 12.6. The molecule has 2 N–H and O–H groups in total. The van der Waals surface area contributed by atoms with Crippen LogP contribution in [-0.2, 0) is 5.41 Å². The van der Waals surface area contributed by atoms with Gasteiger partial charge >= 0.3 is 0 Å². The molecular weight excluding hydrogens is 262 g/mol. The Morgan fingerprint density at radius 2 is 1.84 bits per heavy atom. The first-order valence-electron chi connectivity index (χ1n) is 6.58. The van der Waals surface area contributed by atoms with Crippen molar-refractivity contribution < 1.29 is 5.11 Å². The predicted octanol–water partition coefficient (Wildman–Crippen LogP) is 3.16. The van der Waals surface area contributed by atoms with Crippen LogP contribution in [0.4, 0.5) is 5.82 Å². The van der Waals surface area contributed by atoms with E-state index in [4.69, 9.17) is 11.6 Å². The lowest BCUT2D eigenvalue weighted by atomic mass is 9.95. The first kappa shape index (κ1) is 16.2. The smallest absolute Gasteiger partial charge is 0.137 e. The molecule has 0 saturated heterocycles. The van der Waals surface area contributed by atoms with Crippen LogP contribution in [0.25, 0.3) is 0 Å². The second kappa shape index (κ2) is 6.06. The molecule has 1 unspecified atom stereocenters. The Bertz CT molecular complexity index is 441. The lowest BCUT2D eigenvalue weighted by molar-refractivity contribution is 0.249. The highest BCUT2D eigenvalue weighted by Crippen LogP contribution is 2.26. The summed E-state index contributed by atoms with van der Waals surface area (Å²) < 4.78 is 0. The molecule has 5 heteroatoms. The van der Waals surface area contributed by atoms with E-state index >= 15 is 0 Å². The summed E-state index contributed by atoms with van der Waals surface area (Å²) in [7, 11) is 0. The van der Waals surface area contributed by atoms with Crippen molar-refractivity contribution in [3.05, 3.63) is 16.5 Å². The molecule has 108 valence electrons. The SMILES string of the molecule is Cc1c(Cl)nc(C(C)(C)C)nc1NC(CO)C(C)C. The molecule has 0 aromatic carbocycles. The summed E-state index contributed by atoms with van der Waals surface area (Å²) in [6.45, 7) is 12.2. The van der Waals surface area contributed by atoms with Crippen molar-refractivity contribution in [1.82, 2.24) is 9.97 Å². The van der Waals surface area contributed by atoms with E-state index in [1.807, 2.05) is 27.7 Å². The summed E-state index contributed by atoms with van der Waals surface area (Å²) >= 11 is 6.18. The molecule has 1 atom stereocenters. The van der Waals surface area contributed by atoms with Gasteiger partial charge in [0.2, 0.25) is 0 Å². The second-order valence-electron chi connectivity index (χ2n) is 6.24. The van der Waals surface area contributed by atoms with Crippen molar-refractivity contribution in [2.75, 3.05) is 11.9 Å². The first-order chi connectivity index (χ1) is 8.66. The van der Waals surface area contributed by atoms with Crippen molar-refractivity contribution in [1.29, 1.82) is 0 Å². The van der Waals surface area contributed by atoms with Crippen LogP contribution < -0.4 is 5.32 Å². The Labute approximate surface area is 120 Å². The minimum atomic E-state index is -0.166. The molecule has 0 bridgehead atoms. The number of nitrogens with zero attached hydrogens (tertiary/aromatic N) is 2. The van der Waals surface area contributed by atoms with E-state index in [2.05, 4.69) is 29.1 Å². The van der Waals surface area contributed by atoms with Gasteiger partial charge < -0.3 is 10.4 Å². The van der Waals surface area contributed by atoms with Gasteiger partial charge in [0.1, 0.15) is 16.8 Å². The topological polar surface area (TPSA) is 58.0 Å². The van der Waals surface area contributed by atoms with Crippen LogP contribution in [0.5, 0.6) is 0 Å². The average Bonchev–Trinajstić information content (AvgIpc) is 2.28. The number of hydrogen-bond donors (Lipinski definition) is 2. The molecule has 0 aliphatic heterocycles. The number of anilines is 1. The molecule has 4 nitrogen and oxygen atoms in total. The van der Waals surface area contributed by atoms with E-state index < -0.39 is 0 Å². The van der Waals surface area contributed by atoms with Crippen LogP contribution >= 0.6 is 11.6 Å². The Morgan fingerprint density at radius 1 is 1.26 bits per heavy atom. The van der Waals surface area contributed by atoms with Crippen molar-refractivity contribution in [2.24, 2.45) is 5.92 Å². The maximum atomic E-state index is 9.41. The number of hydrogen-bond acceptors (Lipinski definition) is 4. The van der Waals surface area contributed by atoms with Gasteiger partial charge in [0.15, 0.2) is 0 Å². The third kappa shape index (κ3) is 4.05. The highest BCUT2D eigenvalue weighted by Gasteiger charge is 2.22. The van der Waals surface area contributed by atoms with E-state index in [0.717, 1.165) is 5.56 Å². The van der Waals surface area contributed by atoms with Gasteiger partial charge in [0.05, 0.1) is 12.6 Å². The largest absolute Gasteiger partial charge is 0.394 e. The Hall–Kier alpha value is -0.870. The summed E-state index contributed by atoms with van der Waals surface area (Å²) in [4.78, 5) is 8.89. The van der Waals surface area contributed by atoms with Crippen molar-refractivity contribution in [3.8, 4) is 0 Å². The Kier molecular flexibility index (Phi) is 5.16. The van der Waals surface area contributed by atoms with E-state index in [1.165, 1.54) is 0 Å². The third-order valence-corrected chi connectivity index (χ3v) is 3.45. The van der Waals surface area contributed by atoms with Crippen LogP contribution in [0.2, 0.25) is 5.15 Å². The zero-order valence-corrected chi connectivity index (χ0v) is 13.3.